The van der Waals surface area contributed by atoms with Crippen molar-refractivity contribution in [3.05, 3.63) is 65.7 Å². The smallest absolute Gasteiger partial charge is 0.136 e. The van der Waals surface area contributed by atoms with Crippen molar-refractivity contribution in [1.29, 1.82) is 0 Å². The molecule has 0 bridgehead atoms. The van der Waals surface area contributed by atoms with E-state index in [1.807, 2.05) is 58.0 Å². The van der Waals surface area contributed by atoms with Crippen LogP contribution in [0.5, 0.6) is 5.75 Å². The zero-order valence-corrected chi connectivity index (χ0v) is 15.0. The summed E-state index contributed by atoms with van der Waals surface area (Å²) < 4.78 is 20.8. The normalized spacial score (nSPS) is 14.3. The van der Waals surface area contributed by atoms with Crippen LogP contribution < -0.4 is 9.46 Å². The molecule has 2 aromatic carbocycles. The average molecular weight is 331 g/mol. The molecule has 3 nitrogen and oxygen atoms in total. The van der Waals surface area contributed by atoms with Crippen LogP contribution in [0.1, 0.15) is 44.9 Å². The van der Waals surface area contributed by atoms with Crippen LogP contribution in [-0.4, -0.2) is 9.30 Å². The third-order valence-corrected chi connectivity index (χ3v) is 5.15. The fourth-order valence-electron chi connectivity index (χ4n) is 1.99. The Hall–Kier alpha value is -1.49. The Morgan fingerprint density at radius 3 is 2.22 bits per heavy atom. The molecule has 0 fully saturated rings. The predicted octanol–water partition coefficient (Wildman–Crippen LogP) is 4.38. The Labute approximate surface area is 142 Å². The summed E-state index contributed by atoms with van der Waals surface area (Å²) in [4.78, 5) is 0. The molecule has 0 saturated heterocycles. The summed E-state index contributed by atoms with van der Waals surface area (Å²) >= 11 is -1.08. The molecule has 23 heavy (non-hydrogen) atoms. The first kappa shape index (κ1) is 17.9. The van der Waals surface area contributed by atoms with E-state index in [-0.39, 0.29) is 10.8 Å². The van der Waals surface area contributed by atoms with E-state index >= 15 is 0 Å². The van der Waals surface area contributed by atoms with E-state index in [2.05, 4.69) is 29.0 Å². The topological polar surface area (TPSA) is 44.3 Å². The molecule has 0 radical (unpaired) electrons. The van der Waals surface area contributed by atoms with Crippen LogP contribution in [-0.2, 0) is 18.0 Å². The van der Waals surface area contributed by atoms with Crippen LogP contribution in [0.4, 0.5) is 0 Å². The van der Waals surface area contributed by atoms with Gasteiger partial charge in [-0.2, -0.15) is 0 Å². The van der Waals surface area contributed by atoms with Gasteiger partial charge in [0.25, 0.3) is 0 Å². The molecule has 0 aliphatic rings. The second-order valence-electron chi connectivity index (χ2n) is 6.56. The first-order valence-electron chi connectivity index (χ1n) is 7.81. The lowest BCUT2D eigenvalue weighted by molar-refractivity contribution is 0.306. The molecule has 0 heterocycles. The van der Waals surface area contributed by atoms with E-state index in [0.717, 1.165) is 16.9 Å². The maximum atomic E-state index is 12.2. The first-order chi connectivity index (χ1) is 10.9. The van der Waals surface area contributed by atoms with Crippen LogP contribution in [0.25, 0.3) is 0 Å². The molecule has 1 N–H and O–H groups in total. The summed E-state index contributed by atoms with van der Waals surface area (Å²) in [6.45, 7) is 8.46. The van der Waals surface area contributed by atoms with Crippen LogP contribution in [0.2, 0.25) is 0 Å². The van der Waals surface area contributed by atoms with E-state index in [9.17, 15) is 4.55 Å². The Kier molecular flexibility index (Phi) is 6.10. The molecule has 124 valence electrons. The van der Waals surface area contributed by atoms with Crippen molar-refractivity contribution < 1.29 is 9.29 Å². The Bertz CT molecular complexity index is 593. The summed E-state index contributed by atoms with van der Waals surface area (Å²) in [5.41, 5.74) is 2.23. The maximum absolute atomic E-state index is 12.2. The number of hydrogen-bond donors (Lipinski definition) is 1. The Morgan fingerprint density at radius 2 is 1.65 bits per heavy atom. The van der Waals surface area contributed by atoms with Gasteiger partial charge in [0.15, 0.2) is 0 Å². The van der Waals surface area contributed by atoms with Crippen LogP contribution in [0.15, 0.2) is 54.6 Å². The van der Waals surface area contributed by atoms with Gasteiger partial charge in [-0.05, 0) is 51.0 Å². The second kappa shape index (κ2) is 7.86. The van der Waals surface area contributed by atoms with Gasteiger partial charge in [0.2, 0.25) is 0 Å². The predicted molar refractivity (Wildman–Crippen MR) is 96.7 cm³/mol. The summed E-state index contributed by atoms with van der Waals surface area (Å²) in [7, 11) is 0. The van der Waals surface area contributed by atoms with Gasteiger partial charge in [-0.3, -0.25) is 0 Å². The number of hydrogen-bond acceptors (Lipinski definition) is 3. The minimum absolute atomic E-state index is 0.0409. The largest absolute Gasteiger partial charge is 0.598 e. The molecule has 2 aromatic rings. The second-order valence-corrected chi connectivity index (χ2v) is 8.56. The molecular formula is C19H25NO2S. The molecule has 0 aliphatic carbocycles. The van der Waals surface area contributed by atoms with E-state index in [0.29, 0.717) is 6.61 Å². The van der Waals surface area contributed by atoms with Crippen molar-refractivity contribution in [2.75, 3.05) is 0 Å². The third kappa shape index (κ3) is 5.57. The van der Waals surface area contributed by atoms with Gasteiger partial charge in [0.05, 0.1) is 6.04 Å². The molecule has 0 aliphatic heterocycles. The van der Waals surface area contributed by atoms with Crippen molar-refractivity contribution >= 4 is 11.4 Å². The lowest BCUT2D eigenvalue weighted by Crippen LogP contribution is -2.40. The van der Waals surface area contributed by atoms with Gasteiger partial charge in [-0.25, -0.2) is 0 Å². The molecular weight excluding hydrogens is 306 g/mol. The SMILES string of the molecule is C[C@H](N[S+]([O-])C(C)(C)C)c1ccc(COc2ccccc2)cc1. The van der Waals surface area contributed by atoms with Crippen molar-refractivity contribution in [1.82, 2.24) is 4.72 Å². The highest BCUT2D eigenvalue weighted by Crippen LogP contribution is 2.20. The number of para-hydroxylation sites is 1. The number of benzene rings is 2. The Morgan fingerprint density at radius 1 is 1.04 bits per heavy atom. The van der Waals surface area contributed by atoms with E-state index in [1.165, 1.54) is 0 Å². The van der Waals surface area contributed by atoms with Crippen molar-refractivity contribution in [3.63, 3.8) is 0 Å². The Balaban J connectivity index is 1.91. The molecule has 2 rings (SSSR count). The van der Waals surface area contributed by atoms with Crippen molar-refractivity contribution in [2.45, 2.75) is 45.1 Å². The van der Waals surface area contributed by atoms with E-state index in [4.69, 9.17) is 4.74 Å². The highest BCUT2D eigenvalue weighted by molar-refractivity contribution is 7.90. The summed E-state index contributed by atoms with van der Waals surface area (Å²) in [5.74, 6) is 0.868. The van der Waals surface area contributed by atoms with Crippen LogP contribution in [0.3, 0.4) is 0 Å². The van der Waals surface area contributed by atoms with Crippen molar-refractivity contribution in [2.24, 2.45) is 0 Å². The van der Waals surface area contributed by atoms with Crippen LogP contribution >= 0.6 is 0 Å². The molecule has 4 heteroatoms. The van der Waals surface area contributed by atoms with Gasteiger partial charge in [-0.1, -0.05) is 42.5 Å². The minimum atomic E-state index is -1.08. The summed E-state index contributed by atoms with van der Waals surface area (Å²) in [6.07, 6.45) is 0. The molecule has 0 saturated carbocycles. The zero-order chi connectivity index (χ0) is 16.9. The van der Waals surface area contributed by atoms with Gasteiger partial charge < -0.3 is 9.29 Å². The number of rotatable bonds is 6. The quantitative estimate of drug-likeness (QED) is 0.799. The lowest BCUT2D eigenvalue weighted by Gasteiger charge is -2.26. The van der Waals surface area contributed by atoms with E-state index < -0.39 is 11.4 Å². The highest BCUT2D eigenvalue weighted by atomic mass is 32.2. The number of ether oxygens (including phenoxy) is 1. The molecule has 0 aromatic heterocycles. The summed E-state index contributed by atoms with van der Waals surface area (Å²) in [5, 5.41) is 0. The molecule has 1 unspecified atom stereocenters. The van der Waals surface area contributed by atoms with Gasteiger partial charge in [0, 0.05) is 11.4 Å². The monoisotopic (exact) mass is 331 g/mol. The zero-order valence-electron chi connectivity index (χ0n) is 14.2. The first-order valence-corrected chi connectivity index (χ1v) is 8.96. The van der Waals surface area contributed by atoms with Crippen molar-refractivity contribution in [3.8, 4) is 5.75 Å². The van der Waals surface area contributed by atoms with Crippen LogP contribution in [0, 0.1) is 0 Å². The minimum Gasteiger partial charge on any atom is -0.598 e. The fraction of sp³-hybridized carbons (Fsp3) is 0.368. The van der Waals surface area contributed by atoms with Gasteiger partial charge in [-0.15, -0.1) is 4.72 Å². The van der Waals surface area contributed by atoms with E-state index in [1.54, 1.807) is 0 Å². The lowest BCUT2D eigenvalue weighted by atomic mass is 10.1. The summed E-state index contributed by atoms with van der Waals surface area (Å²) in [6, 6.07) is 18.0. The molecule has 0 amide bonds. The fourth-order valence-corrected chi connectivity index (χ4v) is 2.80. The standard InChI is InChI=1S/C19H25NO2S/c1-15(20-23(21)19(2,3)4)17-12-10-16(11-13-17)14-22-18-8-6-5-7-9-18/h5-13,15,20H,14H2,1-4H3/t15-,23?/m0/s1. The third-order valence-electron chi connectivity index (χ3n) is 3.47. The number of nitrogens with one attached hydrogen (secondary N) is 1. The molecule has 0 spiro atoms. The van der Waals surface area contributed by atoms with Gasteiger partial charge in [0.1, 0.15) is 17.1 Å². The highest BCUT2D eigenvalue weighted by Gasteiger charge is 2.28. The molecule has 2 atom stereocenters. The maximum Gasteiger partial charge on any atom is 0.136 e. The van der Waals surface area contributed by atoms with Gasteiger partial charge >= 0.3 is 0 Å². The average Bonchev–Trinajstić information content (AvgIpc) is 2.53.